The van der Waals surface area contributed by atoms with Gasteiger partial charge in [0.05, 0.1) is 12.0 Å². The molecule has 110 valence electrons. The number of nitrogens with zero attached hydrogens (tertiary/aromatic N) is 2. The molecule has 1 aromatic rings. The van der Waals surface area contributed by atoms with Gasteiger partial charge in [-0.25, -0.2) is 9.97 Å². The van der Waals surface area contributed by atoms with E-state index in [2.05, 4.69) is 20.8 Å². The highest BCUT2D eigenvalue weighted by Gasteiger charge is 2.31. The van der Waals surface area contributed by atoms with Crippen molar-refractivity contribution >= 4 is 11.7 Å². The number of rotatable bonds is 4. The summed E-state index contributed by atoms with van der Waals surface area (Å²) in [6, 6.07) is 1.75. The van der Waals surface area contributed by atoms with Crippen LogP contribution in [0, 0.1) is 13.8 Å². The maximum absolute atomic E-state index is 11.9. The molecule has 0 radical (unpaired) electrons. The fourth-order valence-corrected chi connectivity index (χ4v) is 2.64. The molecule has 6 heteroatoms. The fraction of sp³-hybridized carbons (Fsp3) is 0.643. The first-order valence-corrected chi connectivity index (χ1v) is 7.06. The quantitative estimate of drug-likeness (QED) is 0.729. The second kappa shape index (κ2) is 6.17. The molecule has 1 aliphatic carbocycles. The van der Waals surface area contributed by atoms with Crippen LogP contribution in [0.25, 0.3) is 0 Å². The third kappa shape index (κ3) is 4.16. The molecule has 1 fully saturated rings. The topological polar surface area (TPSA) is 87.1 Å². The van der Waals surface area contributed by atoms with Gasteiger partial charge in [-0.3, -0.25) is 15.6 Å². The summed E-state index contributed by atoms with van der Waals surface area (Å²) >= 11 is 0. The predicted molar refractivity (Wildman–Crippen MR) is 75.9 cm³/mol. The summed E-state index contributed by atoms with van der Waals surface area (Å²) in [5, 5.41) is 10.3. The Balaban J connectivity index is 1.85. The van der Waals surface area contributed by atoms with Crippen molar-refractivity contribution < 1.29 is 9.90 Å². The van der Waals surface area contributed by atoms with E-state index in [1.165, 1.54) is 0 Å². The van der Waals surface area contributed by atoms with E-state index in [1.807, 2.05) is 6.92 Å². The lowest BCUT2D eigenvalue weighted by atomic mass is 9.82. The van der Waals surface area contributed by atoms with Crippen LogP contribution >= 0.6 is 0 Å². The van der Waals surface area contributed by atoms with E-state index in [4.69, 9.17) is 0 Å². The van der Waals surface area contributed by atoms with Gasteiger partial charge in [0.1, 0.15) is 11.6 Å². The average Bonchev–Trinajstić information content (AvgIpc) is 2.35. The van der Waals surface area contributed by atoms with Crippen LogP contribution in [0.1, 0.15) is 50.0 Å². The summed E-state index contributed by atoms with van der Waals surface area (Å²) in [7, 11) is 0. The zero-order valence-corrected chi connectivity index (χ0v) is 12.1. The average molecular weight is 278 g/mol. The van der Waals surface area contributed by atoms with Gasteiger partial charge < -0.3 is 5.11 Å². The zero-order valence-electron chi connectivity index (χ0n) is 12.1. The minimum atomic E-state index is -0.846. The molecule has 0 atom stereocenters. The van der Waals surface area contributed by atoms with Crippen LogP contribution in [-0.4, -0.2) is 26.6 Å². The number of hydrazine groups is 1. The second-order valence-electron chi connectivity index (χ2n) is 5.58. The third-order valence-corrected chi connectivity index (χ3v) is 3.57. The van der Waals surface area contributed by atoms with Crippen LogP contribution < -0.4 is 10.9 Å². The van der Waals surface area contributed by atoms with Gasteiger partial charge in [0.25, 0.3) is 0 Å². The molecular weight excluding hydrogens is 256 g/mol. The van der Waals surface area contributed by atoms with Crippen molar-refractivity contribution in [2.24, 2.45) is 0 Å². The van der Waals surface area contributed by atoms with Gasteiger partial charge in [-0.05, 0) is 26.7 Å². The number of carbonyl (C=O) groups excluding carboxylic acids is 1. The van der Waals surface area contributed by atoms with Gasteiger partial charge in [-0.15, -0.1) is 0 Å². The molecule has 1 amide bonds. The summed E-state index contributed by atoms with van der Waals surface area (Å²) in [4.78, 5) is 20.2. The zero-order chi connectivity index (χ0) is 14.6. The number of hydrogen-bond acceptors (Lipinski definition) is 5. The number of hydrogen-bond donors (Lipinski definition) is 3. The molecule has 20 heavy (non-hydrogen) atoms. The van der Waals surface area contributed by atoms with Gasteiger partial charge in [0.2, 0.25) is 5.91 Å². The molecule has 0 aromatic carbocycles. The van der Waals surface area contributed by atoms with Crippen LogP contribution in [-0.2, 0) is 4.79 Å². The predicted octanol–water partition coefficient (Wildman–Crippen LogP) is 1.62. The minimum absolute atomic E-state index is 0.128. The highest BCUT2D eigenvalue weighted by molar-refractivity contribution is 5.78. The molecule has 1 aromatic heterocycles. The van der Waals surface area contributed by atoms with Gasteiger partial charge in [-0.2, -0.15) is 0 Å². The summed E-state index contributed by atoms with van der Waals surface area (Å²) in [5.41, 5.74) is 5.35. The summed E-state index contributed by atoms with van der Waals surface area (Å²) in [5.74, 6) is 0.981. The molecule has 2 rings (SSSR count). The standard InChI is InChI=1S/C14H22N4O2/c1-10-8-12(16-11(2)15-10)17-18-13(19)9-14(20)6-4-3-5-7-14/h8,20H,3-7,9H2,1-2H3,(H,18,19)(H,15,16,17). The lowest BCUT2D eigenvalue weighted by Gasteiger charge is -2.31. The summed E-state index contributed by atoms with van der Waals surface area (Å²) in [6.45, 7) is 3.66. The molecule has 1 saturated carbocycles. The van der Waals surface area contributed by atoms with Gasteiger partial charge in [0.15, 0.2) is 0 Å². The number of aryl methyl sites for hydroxylation is 2. The van der Waals surface area contributed by atoms with E-state index >= 15 is 0 Å². The smallest absolute Gasteiger partial charge is 0.241 e. The first-order valence-electron chi connectivity index (χ1n) is 7.06. The van der Waals surface area contributed by atoms with Crippen LogP contribution in [0.4, 0.5) is 5.82 Å². The van der Waals surface area contributed by atoms with Crippen molar-refractivity contribution in [2.75, 3.05) is 5.43 Å². The van der Waals surface area contributed by atoms with Gasteiger partial charge in [0, 0.05) is 11.8 Å². The highest BCUT2D eigenvalue weighted by Crippen LogP contribution is 2.30. The summed E-state index contributed by atoms with van der Waals surface area (Å²) < 4.78 is 0. The molecule has 0 unspecified atom stereocenters. The van der Waals surface area contributed by atoms with Crippen molar-refractivity contribution in [3.8, 4) is 0 Å². The Bertz CT molecular complexity index is 464. The van der Waals surface area contributed by atoms with Crippen molar-refractivity contribution in [2.45, 2.75) is 58.0 Å². The molecule has 1 aliphatic rings. The molecule has 3 N–H and O–H groups in total. The number of aliphatic hydroxyl groups is 1. The van der Waals surface area contributed by atoms with E-state index in [0.29, 0.717) is 24.5 Å². The number of anilines is 1. The van der Waals surface area contributed by atoms with E-state index in [-0.39, 0.29) is 12.3 Å². The number of aromatic nitrogens is 2. The van der Waals surface area contributed by atoms with Gasteiger partial charge in [-0.1, -0.05) is 19.3 Å². The Morgan fingerprint density at radius 3 is 2.65 bits per heavy atom. The van der Waals surface area contributed by atoms with Crippen molar-refractivity contribution in [3.05, 3.63) is 17.6 Å². The second-order valence-corrected chi connectivity index (χ2v) is 5.58. The Hall–Kier alpha value is -1.69. The Labute approximate surface area is 119 Å². The Morgan fingerprint density at radius 2 is 2.00 bits per heavy atom. The van der Waals surface area contributed by atoms with E-state index in [9.17, 15) is 9.90 Å². The molecule has 1 heterocycles. The highest BCUT2D eigenvalue weighted by atomic mass is 16.3. The third-order valence-electron chi connectivity index (χ3n) is 3.57. The largest absolute Gasteiger partial charge is 0.389 e. The van der Waals surface area contributed by atoms with E-state index < -0.39 is 5.60 Å². The fourth-order valence-electron chi connectivity index (χ4n) is 2.64. The SMILES string of the molecule is Cc1cc(NNC(=O)CC2(O)CCCCC2)nc(C)n1. The molecule has 6 nitrogen and oxygen atoms in total. The van der Waals surface area contributed by atoms with Crippen molar-refractivity contribution in [1.29, 1.82) is 0 Å². The van der Waals surface area contributed by atoms with E-state index in [1.54, 1.807) is 13.0 Å². The van der Waals surface area contributed by atoms with Crippen molar-refractivity contribution in [3.63, 3.8) is 0 Å². The first kappa shape index (κ1) is 14.7. The minimum Gasteiger partial charge on any atom is -0.389 e. The normalized spacial score (nSPS) is 17.6. The van der Waals surface area contributed by atoms with Crippen LogP contribution in [0.15, 0.2) is 6.07 Å². The molecule has 0 spiro atoms. The maximum Gasteiger partial charge on any atom is 0.241 e. The monoisotopic (exact) mass is 278 g/mol. The van der Waals surface area contributed by atoms with Crippen LogP contribution in [0.5, 0.6) is 0 Å². The van der Waals surface area contributed by atoms with Crippen LogP contribution in [0.3, 0.4) is 0 Å². The Morgan fingerprint density at radius 1 is 1.30 bits per heavy atom. The maximum atomic E-state index is 11.9. The molecular formula is C14H22N4O2. The van der Waals surface area contributed by atoms with Crippen LogP contribution in [0.2, 0.25) is 0 Å². The number of carbonyl (C=O) groups is 1. The molecule has 0 aliphatic heterocycles. The first-order chi connectivity index (χ1) is 9.47. The number of amides is 1. The molecule has 0 saturated heterocycles. The van der Waals surface area contributed by atoms with Gasteiger partial charge >= 0.3 is 0 Å². The Kier molecular flexibility index (Phi) is 4.54. The van der Waals surface area contributed by atoms with E-state index in [0.717, 1.165) is 25.0 Å². The van der Waals surface area contributed by atoms with Crippen molar-refractivity contribution in [1.82, 2.24) is 15.4 Å². The lowest BCUT2D eigenvalue weighted by Crippen LogP contribution is -2.40. The molecule has 0 bridgehead atoms. The number of nitrogens with one attached hydrogen (secondary N) is 2. The summed E-state index contributed by atoms with van der Waals surface area (Å²) in [6.07, 6.45) is 4.64. The lowest BCUT2D eigenvalue weighted by molar-refractivity contribution is -0.126.